The van der Waals surface area contributed by atoms with Gasteiger partial charge < -0.3 is 20.0 Å². The van der Waals surface area contributed by atoms with E-state index in [-0.39, 0.29) is 18.1 Å². The minimum absolute atomic E-state index is 0. The standard InChI is InChI=1S/C15H22NO2.CH2O2.Fm/c1-12(16-11-17)5-6-13-7-9-14(10-8-13)18-15(2,3)4;2-1-3;/h7-10,12H,5-6H2,1-4H3,(H,16,17);1H,(H,2,3);/q-1;;. The maximum absolute atomic E-state index is 10.2. The van der Waals surface area contributed by atoms with Crippen LogP contribution in [0.2, 0.25) is 0 Å². The molecule has 22 heavy (non-hydrogen) atoms. The molecule has 5 nitrogen and oxygen atoms in total. The average molecular weight is 551 g/mol. The third-order valence-corrected chi connectivity index (χ3v) is 2.52. The van der Waals surface area contributed by atoms with Gasteiger partial charge in [-0.05, 0) is 64.3 Å². The molecule has 1 aromatic rings. The Kier molecular flexibility index (Phi) is 10.4. The molecular weight excluding hydrogens is 527 g/mol. The zero-order chi connectivity index (χ0) is 16.3. The number of carboxylic acid groups (broad SMARTS) is 1. The van der Waals surface area contributed by atoms with E-state index in [9.17, 15) is 4.79 Å². The molecule has 0 aliphatic carbocycles. The van der Waals surface area contributed by atoms with E-state index in [1.165, 1.54) is 5.56 Å². The molecule has 0 aliphatic rings. The van der Waals surface area contributed by atoms with Gasteiger partial charge in [0.05, 0.1) is 0 Å². The molecule has 0 aromatic heterocycles. The molecule has 0 bridgehead atoms. The van der Waals surface area contributed by atoms with Crippen molar-refractivity contribution < 1.29 is 19.4 Å². The van der Waals surface area contributed by atoms with Crippen molar-refractivity contribution in [2.75, 3.05) is 0 Å². The van der Waals surface area contributed by atoms with E-state index in [4.69, 9.17) is 14.6 Å². The van der Waals surface area contributed by atoms with Crippen molar-refractivity contribution in [3.63, 3.8) is 0 Å². The summed E-state index contributed by atoms with van der Waals surface area (Å²) in [5.41, 5.74) is 1.08. The van der Waals surface area contributed by atoms with E-state index < -0.39 is 0 Å². The van der Waals surface area contributed by atoms with E-state index in [0.29, 0.717) is 0 Å². The van der Waals surface area contributed by atoms with Gasteiger partial charge in [0.25, 0.3) is 6.47 Å². The fraction of sp³-hybridized carbons (Fsp3) is 0.500. The largest absolute Gasteiger partial charge is 0.528 e. The molecule has 1 rings (SSSR count). The molecule has 130 valence electrons. The number of nitrogens with one attached hydrogen (secondary N) is 1. The number of hydrogen-bond acceptors (Lipinski definition) is 3. The number of aryl methyl sites for hydroxylation is 1. The van der Waals surface area contributed by atoms with Gasteiger partial charge in [-0.25, -0.2) is 0 Å². The monoisotopic (exact) mass is 551 g/mol. The molecular formula is C16H24FmNO4-. The zero-order valence-corrected chi connectivity index (χ0v) is 15.7. The first-order valence-electron chi connectivity index (χ1n) is 6.81. The van der Waals surface area contributed by atoms with Gasteiger partial charge in [0.15, 0.2) is 0 Å². The molecule has 6 heteroatoms. The summed E-state index contributed by atoms with van der Waals surface area (Å²) in [6.07, 6.45) is 3.57. The van der Waals surface area contributed by atoms with E-state index >= 15 is 0 Å². The first-order chi connectivity index (χ1) is 9.82. The molecule has 1 unspecified atom stereocenters. The van der Waals surface area contributed by atoms with Crippen molar-refractivity contribution in [1.29, 1.82) is 0 Å². The van der Waals surface area contributed by atoms with Gasteiger partial charge in [-0.3, -0.25) is 4.79 Å². The van der Waals surface area contributed by atoms with Crippen molar-refractivity contribution in [3.05, 3.63) is 29.8 Å². The molecule has 0 saturated heterocycles. The molecule has 2 N–H and O–H groups in total. The normalized spacial score (nSPS) is 11.1. The zero-order valence-electron chi connectivity index (χ0n) is 13.3. The number of hydrogen-bond donors (Lipinski definition) is 2. The summed E-state index contributed by atoms with van der Waals surface area (Å²) in [4.78, 5) is 18.5. The molecule has 1 aromatic carbocycles. The van der Waals surface area contributed by atoms with Crippen molar-refractivity contribution in [2.45, 2.75) is 52.2 Å². The maximum Gasteiger partial charge on any atom is 0.290 e. The van der Waals surface area contributed by atoms with E-state index in [0.717, 1.165) is 18.6 Å². The number of ether oxygens (including phenoxy) is 1. The summed E-state index contributed by atoms with van der Waals surface area (Å²) >= 11 is 0. The molecule has 0 saturated carbocycles. The van der Waals surface area contributed by atoms with Gasteiger partial charge in [-0.15, -0.1) is 0 Å². The quantitative estimate of drug-likeness (QED) is 0.324. The Bertz CT molecular complexity index is 415. The number of carbonyl (C=O) groups excluding carboxylic acids is 1. The molecule has 0 radical (unpaired) electrons. The second-order valence-corrected chi connectivity index (χ2v) is 5.65. The van der Waals surface area contributed by atoms with Crippen LogP contribution < -0.4 is 10.1 Å². The van der Waals surface area contributed by atoms with Crippen LogP contribution in [-0.2, 0) is 16.0 Å². The van der Waals surface area contributed by atoms with Gasteiger partial charge in [0.2, 0.25) is 0 Å². The van der Waals surface area contributed by atoms with Crippen LogP contribution in [0.5, 0.6) is 5.75 Å². The fourth-order valence-electron chi connectivity index (χ4n) is 1.63. The van der Waals surface area contributed by atoms with E-state index in [1.807, 2.05) is 39.8 Å². The molecule has 0 fully saturated rings. The van der Waals surface area contributed by atoms with Crippen LogP contribution in [0.3, 0.4) is 0 Å². The summed E-state index contributed by atoms with van der Waals surface area (Å²) in [6, 6.07) is 8.28. The Labute approximate surface area is 126 Å². The number of carbonyl (C=O) groups is 1. The smallest absolute Gasteiger partial charge is 0.290 e. The van der Waals surface area contributed by atoms with Crippen LogP contribution in [-0.4, -0.2) is 29.6 Å². The van der Waals surface area contributed by atoms with Crippen LogP contribution >= 0.6 is 0 Å². The Morgan fingerprint density at radius 3 is 2.23 bits per heavy atom. The SMILES string of the molecule is CC(CCc1ccc(OC(C)(C)C)cc1)N[C-]=O.O=CO.[Fm]. The summed E-state index contributed by atoms with van der Waals surface area (Å²) in [5, 5.41) is 9.52. The van der Waals surface area contributed by atoms with Gasteiger partial charge in [0.1, 0.15) is 11.4 Å². The Morgan fingerprint density at radius 2 is 1.82 bits per heavy atom. The summed E-state index contributed by atoms with van der Waals surface area (Å²) in [5.74, 6) is 0.888. The minimum Gasteiger partial charge on any atom is -0.528 e. The van der Waals surface area contributed by atoms with Crippen molar-refractivity contribution in [3.8, 4) is 5.75 Å². The first kappa shape index (κ1) is 21.3. The molecule has 0 aliphatic heterocycles. The molecule has 1 amide bonds. The second-order valence-electron chi connectivity index (χ2n) is 5.65. The maximum atomic E-state index is 10.2. The number of benzene rings is 1. The van der Waals surface area contributed by atoms with Crippen molar-refractivity contribution in [1.82, 2.24) is 5.32 Å². The van der Waals surface area contributed by atoms with Gasteiger partial charge >= 0.3 is 0 Å². The van der Waals surface area contributed by atoms with Crippen LogP contribution in [0.15, 0.2) is 24.3 Å². The second kappa shape index (κ2) is 10.7. The van der Waals surface area contributed by atoms with E-state index in [1.54, 1.807) is 6.41 Å². The Hall–Kier alpha value is -3.04. The minimum atomic E-state index is -0.250. The van der Waals surface area contributed by atoms with Crippen LogP contribution in [0, 0.1) is 0 Å². The third kappa shape index (κ3) is 10.8. The van der Waals surface area contributed by atoms with Gasteiger partial charge in [-0.1, -0.05) is 12.1 Å². The van der Waals surface area contributed by atoms with Crippen LogP contribution in [0.25, 0.3) is 0 Å². The predicted molar refractivity (Wildman–Crippen MR) is 82.1 cm³/mol. The molecule has 1 atom stereocenters. The molecule has 0 heterocycles. The summed E-state index contributed by atoms with van der Waals surface area (Å²) in [6.45, 7) is 7.82. The third-order valence-electron chi connectivity index (χ3n) is 2.52. The number of rotatable bonds is 6. The van der Waals surface area contributed by atoms with Crippen LogP contribution in [0.1, 0.15) is 39.7 Å². The Balaban J connectivity index is 0. The summed E-state index contributed by atoms with van der Waals surface area (Å²) in [7, 11) is 0. The summed E-state index contributed by atoms with van der Waals surface area (Å²) < 4.78 is 5.76. The van der Waals surface area contributed by atoms with Crippen molar-refractivity contribution in [2.24, 2.45) is 0 Å². The first-order valence-corrected chi connectivity index (χ1v) is 6.81. The predicted octanol–water partition coefficient (Wildman–Crippen LogP) is 2.54. The average Bonchev–Trinajstić information content (AvgIpc) is 2.37. The molecule has 0 spiro atoms. The van der Waals surface area contributed by atoms with E-state index in [2.05, 4.69) is 17.4 Å². The van der Waals surface area contributed by atoms with Crippen LogP contribution in [0.4, 0.5) is 0 Å². The number of amides is 1. The van der Waals surface area contributed by atoms with Gasteiger partial charge in [-0.2, -0.15) is 6.41 Å². The Morgan fingerprint density at radius 1 is 1.32 bits per heavy atom. The fourth-order valence-corrected chi connectivity index (χ4v) is 1.63. The van der Waals surface area contributed by atoms with Gasteiger partial charge in [0, 0.05) is 0 Å². The van der Waals surface area contributed by atoms with Crippen molar-refractivity contribution >= 4 is 12.9 Å². The topological polar surface area (TPSA) is 75.6 Å².